The Kier molecular flexibility index (Phi) is 5.62. The third-order valence-corrected chi connectivity index (χ3v) is 5.76. The first-order chi connectivity index (χ1) is 11.7. The van der Waals surface area contributed by atoms with Gasteiger partial charge in [0.2, 0.25) is 5.91 Å². The number of nitrogens with zero attached hydrogens (tertiary/aromatic N) is 1. The normalized spacial score (nSPS) is 12.2. The number of carbonyl (C=O) groups is 1. The number of anilines is 1. The third-order valence-electron chi connectivity index (χ3n) is 4.07. The zero-order chi connectivity index (χ0) is 18.7. The summed E-state index contributed by atoms with van der Waals surface area (Å²) in [6, 6.07) is 15.4. The van der Waals surface area contributed by atoms with Gasteiger partial charge in [0, 0.05) is 12.7 Å². The van der Waals surface area contributed by atoms with Crippen LogP contribution in [0.5, 0.6) is 0 Å². The lowest BCUT2D eigenvalue weighted by atomic mass is 9.83. The van der Waals surface area contributed by atoms with Crippen LogP contribution in [0.3, 0.4) is 0 Å². The molecule has 25 heavy (non-hydrogen) atoms. The molecule has 0 spiro atoms. The van der Waals surface area contributed by atoms with Crippen molar-refractivity contribution in [2.45, 2.75) is 24.2 Å². The van der Waals surface area contributed by atoms with Gasteiger partial charge < -0.3 is 5.32 Å². The molecule has 2 rings (SSSR count). The third kappa shape index (κ3) is 4.07. The Hall–Kier alpha value is -2.22. The van der Waals surface area contributed by atoms with Crippen molar-refractivity contribution in [3.63, 3.8) is 0 Å². The summed E-state index contributed by atoms with van der Waals surface area (Å²) in [5.74, 6) is -0.177. The molecular formula is C18H22N2O4S. The van der Waals surface area contributed by atoms with Crippen molar-refractivity contribution in [3.05, 3.63) is 60.2 Å². The van der Waals surface area contributed by atoms with Crippen molar-refractivity contribution in [1.29, 1.82) is 0 Å². The molecule has 0 unspecified atom stereocenters. The van der Waals surface area contributed by atoms with Crippen LogP contribution in [0, 0.1) is 0 Å². The molecular weight excluding hydrogens is 340 g/mol. The Morgan fingerprint density at radius 3 is 2.12 bits per heavy atom. The largest absolute Gasteiger partial charge is 0.325 e. The van der Waals surface area contributed by atoms with Crippen LogP contribution in [0.1, 0.15) is 19.4 Å². The summed E-state index contributed by atoms with van der Waals surface area (Å²) < 4.78 is 25.1. The summed E-state index contributed by atoms with van der Waals surface area (Å²) >= 11 is 0. The number of amides is 1. The minimum Gasteiger partial charge on any atom is -0.325 e. The van der Waals surface area contributed by atoms with E-state index >= 15 is 0 Å². The van der Waals surface area contributed by atoms with Crippen molar-refractivity contribution >= 4 is 21.6 Å². The van der Waals surface area contributed by atoms with Gasteiger partial charge >= 0.3 is 0 Å². The van der Waals surface area contributed by atoms with Crippen LogP contribution in [0.25, 0.3) is 0 Å². The van der Waals surface area contributed by atoms with E-state index in [1.807, 2.05) is 44.2 Å². The standard InChI is InChI=1S/C18H22N2O4S/c1-18(2,14-8-6-5-7-9-14)17(21)19-15-10-12-16(13-11-15)25(22,23)20(3)24-4/h5-13H,1-4H3,(H,19,21). The smallest absolute Gasteiger partial charge is 0.264 e. The second-order valence-electron chi connectivity index (χ2n) is 6.07. The van der Waals surface area contributed by atoms with Crippen LogP contribution in [0.15, 0.2) is 59.5 Å². The molecule has 1 N–H and O–H groups in total. The van der Waals surface area contributed by atoms with Gasteiger partial charge in [-0.2, -0.15) is 0 Å². The fourth-order valence-electron chi connectivity index (χ4n) is 2.23. The highest BCUT2D eigenvalue weighted by Crippen LogP contribution is 2.25. The average Bonchev–Trinajstić information content (AvgIpc) is 2.62. The highest BCUT2D eigenvalue weighted by Gasteiger charge is 2.29. The molecule has 0 aliphatic heterocycles. The van der Waals surface area contributed by atoms with Gasteiger partial charge in [-0.3, -0.25) is 9.63 Å². The van der Waals surface area contributed by atoms with Gasteiger partial charge in [-0.1, -0.05) is 34.8 Å². The first kappa shape index (κ1) is 19.1. The zero-order valence-corrected chi connectivity index (χ0v) is 15.5. The lowest BCUT2D eigenvalue weighted by Gasteiger charge is -2.24. The zero-order valence-electron chi connectivity index (χ0n) is 14.7. The van der Waals surface area contributed by atoms with Crippen LogP contribution in [-0.4, -0.2) is 33.0 Å². The van der Waals surface area contributed by atoms with Gasteiger partial charge in [-0.25, -0.2) is 8.42 Å². The number of hydrogen-bond acceptors (Lipinski definition) is 4. The SMILES string of the molecule is CON(C)S(=O)(=O)c1ccc(NC(=O)C(C)(C)c2ccccc2)cc1. The quantitative estimate of drug-likeness (QED) is 0.802. The van der Waals surface area contributed by atoms with Crippen molar-refractivity contribution in [2.24, 2.45) is 0 Å². The Balaban J connectivity index is 2.18. The second-order valence-corrected chi connectivity index (χ2v) is 8.00. The van der Waals surface area contributed by atoms with E-state index in [1.165, 1.54) is 26.3 Å². The summed E-state index contributed by atoms with van der Waals surface area (Å²) in [6.07, 6.45) is 0. The maximum atomic E-state index is 12.6. The molecule has 0 aliphatic carbocycles. The minimum absolute atomic E-state index is 0.0807. The first-order valence-electron chi connectivity index (χ1n) is 7.69. The second kappa shape index (κ2) is 7.35. The Morgan fingerprint density at radius 2 is 1.60 bits per heavy atom. The Morgan fingerprint density at radius 1 is 1.04 bits per heavy atom. The molecule has 0 aromatic heterocycles. The predicted octanol–water partition coefficient (Wildman–Crippen LogP) is 2.78. The van der Waals surface area contributed by atoms with Crippen LogP contribution < -0.4 is 5.32 Å². The number of hydroxylamine groups is 1. The molecule has 2 aromatic rings. The molecule has 0 radical (unpaired) electrons. The van der Waals surface area contributed by atoms with Gasteiger partial charge in [0.15, 0.2) is 0 Å². The van der Waals surface area contributed by atoms with E-state index in [-0.39, 0.29) is 10.8 Å². The van der Waals surface area contributed by atoms with Crippen molar-refractivity contribution in [2.75, 3.05) is 19.5 Å². The molecule has 6 nitrogen and oxygen atoms in total. The fraction of sp³-hybridized carbons (Fsp3) is 0.278. The molecule has 1 amide bonds. The highest BCUT2D eigenvalue weighted by atomic mass is 32.2. The molecule has 0 aliphatic rings. The van der Waals surface area contributed by atoms with Crippen molar-refractivity contribution in [3.8, 4) is 0 Å². The van der Waals surface area contributed by atoms with Gasteiger partial charge in [0.1, 0.15) is 0 Å². The molecule has 0 atom stereocenters. The Labute approximate surface area is 148 Å². The molecule has 0 heterocycles. The number of hydrogen-bond donors (Lipinski definition) is 1. The van der Waals surface area contributed by atoms with Gasteiger partial charge in [-0.15, -0.1) is 0 Å². The maximum Gasteiger partial charge on any atom is 0.264 e. The molecule has 7 heteroatoms. The summed E-state index contributed by atoms with van der Waals surface area (Å²) in [7, 11) is -1.12. The summed E-state index contributed by atoms with van der Waals surface area (Å²) in [6.45, 7) is 3.67. The van der Waals surface area contributed by atoms with Gasteiger partial charge in [0.25, 0.3) is 10.0 Å². The lowest BCUT2D eigenvalue weighted by Crippen LogP contribution is -2.34. The molecule has 134 valence electrons. The van der Waals surface area contributed by atoms with Gasteiger partial charge in [0.05, 0.1) is 17.4 Å². The molecule has 0 bridgehead atoms. The monoisotopic (exact) mass is 362 g/mol. The van der Waals surface area contributed by atoms with E-state index in [1.54, 1.807) is 12.1 Å². The first-order valence-corrected chi connectivity index (χ1v) is 9.13. The number of carbonyl (C=O) groups excluding carboxylic acids is 1. The summed E-state index contributed by atoms with van der Waals surface area (Å²) in [5.41, 5.74) is 0.698. The van der Waals surface area contributed by atoms with Crippen LogP contribution in [-0.2, 0) is 25.1 Å². The van der Waals surface area contributed by atoms with E-state index in [9.17, 15) is 13.2 Å². The highest BCUT2D eigenvalue weighted by molar-refractivity contribution is 7.89. The van der Waals surface area contributed by atoms with E-state index in [2.05, 4.69) is 5.32 Å². The molecule has 2 aromatic carbocycles. The fourth-order valence-corrected chi connectivity index (χ4v) is 3.20. The van der Waals surface area contributed by atoms with Crippen LogP contribution in [0.4, 0.5) is 5.69 Å². The molecule has 0 saturated heterocycles. The molecule has 0 saturated carbocycles. The minimum atomic E-state index is -3.71. The topological polar surface area (TPSA) is 75.7 Å². The predicted molar refractivity (Wildman–Crippen MR) is 96.5 cm³/mol. The van der Waals surface area contributed by atoms with Gasteiger partial charge in [-0.05, 0) is 43.7 Å². The maximum absolute atomic E-state index is 12.6. The number of nitrogens with one attached hydrogen (secondary N) is 1. The van der Waals surface area contributed by atoms with Crippen molar-refractivity contribution < 1.29 is 18.0 Å². The number of benzene rings is 2. The van der Waals surface area contributed by atoms with E-state index in [4.69, 9.17) is 4.84 Å². The lowest BCUT2D eigenvalue weighted by molar-refractivity contribution is -0.120. The number of rotatable bonds is 6. The van der Waals surface area contributed by atoms with E-state index in [0.717, 1.165) is 10.0 Å². The van der Waals surface area contributed by atoms with E-state index in [0.29, 0.717) is 5.69 Å². The summed E-state index contributed by atoms with van der Waals surface area (Å²) in [4.78, 5) is 17.4. The van der Waals surface area contributed by atoms with Crippen LogP contribution in [0.2, 0.25) is 0 Å². The molecule has 0 fully saturated rings. The Bertz CT molecular complexity index is 831. The summed E-state index contributed by atoms with van der Waals surface area (Å²) in [5, 5.41) is 2.82. The number of sulfonamides is 1. The van der Waals surface area contributed by atoms with Crippen LogP contribution >= 0.6 is 0 Å². The van der Waals surface area contributed by atoms with Crippen molar-refractivity contribution in [1.82, 2.24) is 4.47 Å². The van der Waals surface area contributed by atoms with E-state index < -0.39 is 15.4 Å². The average molecular weight is 362 g/mol.